The number of rotatable bonds is 6. The molecule has 24 heavy (non-hydrogen) atoms. The highest BCUT2D eigenvalue weighted by molar-refractivity contribution is 5.75. The van der Waals surface area contributed by atoms with Gasteiger partial charge in [-0.1, -0.05) is 0 Å². The second kappa shape index (κ2) is 5.99. The third kappa shape index (κ3) is 2.66. The first-order valence-electron chi connectivity index (χ1n) is 8.89. The van der Waals surface area contributed by atoms with Crippen molar-refractivity contribution in [2.75, 3.05) is 7.11 Å². The highest BCUT2D eigenvalue weighted by Crippen LogP contribution is 2.61. The fraction of sp³-hybridized carbons (Fsp3) is 0.722. The largest absolute Gasteiger partial charge is 0.481 e. The summed E-state index contributed by atoms with van der Waals surface area (Å²) in [6.07, 6.45) is 10.2. The maximum absolute atomic E-state index is 12.1. The van der Waals surface area contributed by atoms with Crippen molar-refractivity contribution in [3.8, 4) is 5.88 Å². The van der Waals surface area contributed by atoms with Crippen LogP contribution in [0.5, 0.6) is 5.88 Å². The molecule has 4 fully saturated rings. The molecule has 4 aliphatic rings. The summed E-state index contributed by atoms with van der Waals surface area (Å²) in [6, 6.07) is -0.504. The molecule has 1 aromatic rings. The van der Waals surface area contributed by atoms with Crippen LogP contribution in [0.1, 0.15) is 44.1 Å². The fourth-order valence-electron chi connectivity index (χ4n) is 5.96. The number of aromatic nitrogens is 2. The number of hydrogen-bond donors (Lipinski definition) is 2. The Hall–Kier alpha value is -1.69. The average Bonchev–Trinajstić information content (AvgIpc) is 2.53. The molecule has 0 amide bonds. The lowest BCUT2D eigenvalue weighted by atomic mass is 9.47. The summed E-state index contributed by atoms with van der Waals surface area (Å²) in [5, 5.41) is 13.2. The van der Waals surface area contributed by atoms with Gasteiger partial charge in [0.1, 0.15) is 12.4 Å². The first-order valence-corrected chi connectivity index (χ1v) is 8.89. The van der Waals surface area contributed by atoms with E-state index in [-0.39, 0.29) is 5.41 Å². The lowest BCUT2D eigenvalue weighted by molar-refractivity contribution is -0.151. The third-order valence-electron chi connectivity index (χ3n) is 6.38. The zero-order chi connectivity index (χ0) is 16.7. The molecule has 1 aromatic heterocycles. The summed E-state index contributed by atoms with van der Waals surface area (Å²) in [4.78, 5) is 20.2. The molecule has 6 heteroatoms. The van der Waals surface area contributed by atoms with Crippen LogP contribution in [-0.4, -0.2) is 34.2 Å². The molecule has 4 bridgehead atoms. The Morgan fingerprint density at radius 3 is 2.50 bits per heavy atom. The Morgan fingerprint density at radius 2 is 1.96 bits per heavy atom. The number of ether oxygens (including phenoxy) is 1. The highest BCUT2D eigenvalue weighted by Gasteiger charge is 2.56. The molecule has 6 nitrogen and oxygen atoms in total. The van der Waals surface area contributed by atoms with Crippen LogP contribution in [0.3, 0.4) is 0 Å². The van der Waals surface area contributed by atoms with Gasteiger partial charge in [0.05, 0.1) is 7.11 Å². The molecule has 1 atom stereocenters. The number of methoxy groups -OCH3 is 1. The lowest BCUT2D eigenvalue weighted by Crippen LogP contribution is -2.58. The predicted molar refractivity (Wildman–Crippen MR) is 87.5 cm³/mol. The summed E-state index contributed by atoms with van der Waals surface area (Å²) in [5.41, 5.74) is 0.722. The molecule has 0 radical (unpaired) electrons. The first kappa shape index (κ1) is 15.8. The summed E-state index contributed by atoms with van der Waals surface area (Å²) in [6.45, 7) is 0.419. The second-order valence-electron chi connectivity index (χ2n) is 7.99. The van der Waals surface area contributed by atoms with E-state index in [0.717, 1.165) is 42.6 Å². The van der Waals surface area contributed by atoms with E-state index in [1.165, 1.54) is 25.6 Å². The lowest BCUT2D eigenvalue weighted by Gasteiger charge is -2.58. The van der Waals surface area contributed by atoms with Gasteiger partial charge in [-0.05, 0) is 61.7 Å². The van der Waals surface area contributed by atoms with E-state index >= 15 is 0 Å². The third-order valence-corrected chi connectivity index (χ3v) is 6.38. The predicted octanol–water partition coefficient (Wildman–Crippen LogP) is 2.24. The number of nitrogens with zero attached hydrogens (tertiary/aromatic N) is 2. The summed E-state index contributed by atoms with van der Waals surface area (Å²) in [5.74, 6) is 1.97. The quantitative estimate of drug-likeness (QED) is 0.832. The van der Waals surface area contributed by atoms with Gasteiger partial charge >= 0.3 is 5.97 Å². The van der Waals surface area contributed by atoms with Gasteiger partial charge in [-0.15, -0.1) is 0 Å². The monoisotopic (exact) mass is 331 g/mol. The molecule has 2 N–H and O–H groups in total. The van der Waals surface area contributed by atoms with Crippen LogP contribution >= 0.6 is 0 Å². The molecule has 0 spiro atoms. The van der Waals surface area contributed by atoms with Crippen LogP contribution in [0.4, 0.5) is 0 Å². The van der Waals surface area contributed by atoms with Crippen LogP contribution in [0.2, 0.25) is 0 Å². The van der Waals surface area contributed by atoms with Gasteiger partial charge in [0.2, 0.25) is 5.88 Å². The molecular weight excluding hydrogens is 306 g/mol. The Labute approximate surface area is 142 Å². The van der Waals surface area contributed by atoms with E-state index in [2.05, 4.69) is 15.3 Å². The summed E-state index contributed by atoms with van der Waals surface area (Å²) >= 11 is 0. The molecular formula is C18H25N3O3. The van der Waals surface area contributed by atoms with Gasteiger partial charge in [-0.25, -0.2) is 9.97 Å². The van der Waals surface area contributed by atoms with Crippen molar-refractivity contribution in [3.63, 3.8) is 0 Å². The Balaban J connectivity index is 1.54. The minimum absolute atomic E-state index is 0.0799. The van der Waals surface area contributed by atoms with Crippen LogP contribution in [0.25, 0.3) is 0 Å². The normalized spacial score (nSPS) is 35.0. The number of aliphatic carboxylic acids is 1. The Morgan fingerprint density at radius 1 is 1.33 bits per heavy atom. The number of carbonyl (C=O) groups is 1. The van der Waals surface area contributed by atoms with Gasteiger partial charge in [-0.3, -0.25) is 10.1 Å². The van der Waals surface area contributed by atoms with Gasteiger partial charge in [-0.2, -0.15) is 0 Å². The summed E-state index contributed by atoms with van der Waals surface area (Å²) < 4.78 is 5.25. The molecule has 1 heterocycles. The van der Waals surface area contributed by atoms with Crippen LogP contribution < -0.4 is 10.1 Å². The minimum Gasteiger partial charge on any atom is -0.481 e. The van der Waals surface area contributed by atoms with E-state index in [1.54, 1.807) is 13.3 Å². The van der Waals surface area contributed by atoms with E-state index in [1.807, 2.05) is 0 Å². The second-order valence-corrected chi connectivity index (χ2v) is 7.99. The molecule has 4 aliphatic carbocycles. The highest BCUT2D eigenvalue weighted by atomic mass is 16.5. The molecule has 0 aromatic carbocycles. The number of carboxylic acids is 1. The van der Waals surface area contributed by atoms with E-state index in [0.29, 0.717) is 12.4 Å². The first-order chi connectivity index (χ1) is 11.6. The van der Waals surface area contributed by atoms with E-state index < -0.39 is 12.0 Å². The Bertz CT molecular complexity index is 598. The summed E-state index contributed by atoms with van der Waals surface area (Å²) in [7, 11) is 1.57. The standard InChI is InChI=1S/C18H25N3O3/c1-24-16-14(8-19-10-21-16)9-20-15(17(22)23)18-5-11-2-12(6-18)4-13(3-11)7-18/h8,10-13,15,20H,2-7,9H2,1H3,(H,22,23). The average molecular weight is 331 g/mol. The smallest absolute Gasteiger partial charge is 0.321 e. The zero-order valence-corrected chi connectivity index (χ0v) is 14.1. The molecule has 1 unspecified atom stereocenters. The van der Waals surface area contributed by atoms with Crippen molar-refractivity contribution in [2.45, 2.75) is 51.1 Å². The van der Waals surface area contributed by atoms with E-state index in [9.17, 15) is 9.90 Å². The van der Waals surface area contributed by atoms with Gasteiger partial charge in [0.25, 0.3) is 0 Å². The molecule has 5 rings (SSSR count). The zero-order valence-electron chi connectivity index (χ0n) is 14.1. The van der Waals surface area contributed by atoms with Crippen molar-refractivity contribution in [3.05, 3.63) is 18.1 Å². The van der Waals surface area contributed by atoms with Gasteiger partial charge in [0, 0.05) is 18.3 Å². The number of hydrogen-bond acceptors (Lipinski definition) is 5. The minimum atomic E-state index is -0.729. The van der Waals surface area contributed by atoms with Crippen molar-refractivity contribution < 1.29 is 14.6 Å². The van der Waals surface area contributed by atoms with Gasteiger partial charge < -0.3 is 9.84 Å². The molecule has 0 aliphatic heterocycles. The van der Waals surface area contributed by atoms with Gasteiger partial charge in [0.15, 0.2) is 0 Å². The Kier molecular flexibility index (Phi) is 3.95. The molecule has 4 saturated carbocycles. The van der Waals surface area contributed by atoms with Crippen LogP contribution in [0, 0.1) is 23.2 Å². The van der Waals surface area contributed by atoms with E-state index in [4.69, 9.17) is 4.74 Å². The maximum Gasteiger partial charge on any atom is 0.321 e. The fourth-order valence-corrected chi connectivity index (χ4v) is 5.96. The van der Waals surface area contributed by atoms with Crippen molar-refractivity contribution >= 4 is 5.97 Å². The topological polar surface area (TPSA) is 84.3 Å². The van der Waals surface area contributed by atoms with Crippen molar-refractivity contribution in [1.29, 1.82) is 0 Å². The van der Waals surface area contributed by atoms with Crippen LogP contribution in [0.15, 0.2) is 12.5 Å². The molecule has 130 valence electrons. The van der Waals surface area contributed by atoms with Crippen LogP contribution in [-0.2, 0) is 11.3 Å². The van der Waals surface area contributed by atoms with Crippen molar-refractivity contribution in [2.24, 2.45) is 23.2 Å². The SMILES string of the molecule is COc1ncncc1CNC(C(=O)O)C12CC3CC(CC(C3)C1)C2. The van der Waals surface area contributed by atoms with Crippen molar-refractivity contribution in [1.82, 2.24) is 15.3 Å². The maximum atomic E-state index is 12.1. The number of nitrogens with one attached hydrogen (secondary N) is 1. The molecule has 0 saturated heterocycles. The number of carboxylic acid groups (broad SMARTS) is 1.